The first-order valence-corrected chi connectivity index (χ1v) is 9.06. The molecule has 1 saturated carbocycles. The zero-order valence-corrected chi connectivity index (χ0v) is 12.8. The Labute approximate surface area is 122 Å². The maximum Gasteiger partial charge on any atom is 0.252 e. The van der Waals surface area contributed by atoms with Crippen molar-refractivity contribution in [2.45, 2.75) is 29.6 Å². The molecular weight excluding hydrogens is 306 g/mol. The van der Waals surface area contributed by atoms with E-state index in [0.29, 0.717) is 27.6 Å². The molecule has 1 atom stereocenters. The SMILES string of the molecule is O=S(=O)(c1ccc(Cl)s1)N1CCC(OCC2CC2)C1. The van der Waals surface area contributed by atoms with E-state index in [1.165, 1.54) is 17.1 Å². The molecule has 2 fully saturated rings. The van der Waals surface area contributed by atoms with E-state index in [4.69, 9.17) is 16.3 Å². The van der Waals surface area contributed by atoms with Gasteiger partial charge in [0, 0.05) is 19.7 Å². The lowest BCUT2D eigenvalue weighted by Gasteiger charge is -2.15. The van der Waals surface area contributed by atoms with Gasteiger partial charge in [-0.15, -0.1) is 11.3 Å². The summed E-state index contributed by atoms with van der Waals surface area (Å²) in [4.78, 5) is 0. The monoisotopic (exact) mass is 321 g/mol. The average molecular weight is 322 g/mol. The third-order valence-corrected chi connectivity index (χ3v) is 7.08. The Kier molecular flexibility index (Phi) is 3.88. The molecule has 0 amide bonds. The van der Waals surface area contributed by atoms with Gasteiger partial charge in [-0.1, -0.05) is 11.6 Å². The van der Waals surface area contributed by atoms with Crippen LogP contribution >= 0.6 is 22.9 Å². The first-order chi connectivity index (χ1) is 9.05. The lowest BCUT2D eigenvalue weighted by molar-refractivity contribution is 0.0561. The van der Waals surface area contributed by atoms with Gasteiger partial charge in [0.1, 0.15) is 4.21 Å². The van der Waals surface area contributed by atoms with E-state index in [-0.39, 0.29) is 6.10 Å². The van der Waals surface area contributed by atoms with Gasteiger partial charge in [-0.25, -0.2) is 8.42 Å². The van der Waals surface area contributed by atoms with Crippen LogP contribution in [0.2, 0.25) is 4.34 Å². The Morgan fingerprint density at radius 3 is 2.79 bits per heavy atom. The van der Waals surface area contributed by atoms with E-state index in [0.717, 1.165) is 24.4 Å². The quantitative estimate of drug-likeness (QED) is 0.837. The molecule has 7 heteroatoms. The average Bonchev–Trinajstić information content (AvgIpc) is 2.89. The summed E-state index contributed by atoms with van der Waals surface area (Å²) < 4.78 is 32.8. The zero-order chi connectivity index (χ0) is 13.5. The Balaban J connectivity index is 1.62. The van der Waals surface area contributed by atoms with Crippen molar-refractivity contribution in [2.75, 3.05) is 19.7 Å². The van der Waals surface area contributed by atoms with E-state index in [9.17, 15) is 8.42 Å². The van der Waals surface area contributed by atoms with Crippen molar-refractivity contribution in [2.24, 2.45) is 5.92 Å². The Bertz CT molecular complexity index is 553. The van der Waals surface area contributed by atoms with Crippen LogP contribution in [0.25, 0.3) is 0 Å². The molecule has 2 heterocycles. The smallest absolute Gasteiger partial charge is 0.252 e. The van der Waals surface area contributed by atoms with E-state index in [1.807, 2.05) is 0 Å². The molecule has 0 N–H and O–H groups in total. The van der Waals surface area contributed by atoms with Crippen LogP contribution in [0.15, 0.2) is 16.3 Å². The minimum atomic E-state index is -3.39. The molecule has 1 aromatic rings. The van der Waals surface area contributed by atoms with Crippen molar-refractivity contribution >= 4 is 33.0 Å². The molecular formula is C12H16ClNO3S2. The largest absolute Gasteiger partial charge is 0.377 e. The summed E-state index contributed by atoms with van der Waals surface area (Å²) in [5.41, 5.74) is 0. The molecule has 1 unspecified atom stereocenters. The van der Waals surface area contributed by atoms with Crippen LogP contribution in [0.5, 0.6) is 0 Å². The summed E-state index contributed by atoms with van der Waals surface area (Å²) >= 11 is 6.91. The molecule has 0 aromatic carbocycles. The number of ether oxygens (including phenoxy) is 1. The van der Waals surface area contributed by atoms with Gasteiger partial charge < -0.3 is 4.74 Å². The predicted molar refractivity (Wildman–Crippen MR) is 75.2 cm³/mol. The minimum absolute atomic E-state index is 0.0470. The highest BCUT2D eigenvalue weighted by Crippen LogP contribution is 2.32. The van der Waals surface area contributed by atoms with Crippen LogP contribution in [0.3, 0.4) is 0 Å². The normalized spacial score (nSPS) is 25.0. The number of rotatable bonds is 5. The zero-order valence-electron chi connectivity index (χ0n) is 10.4. The Morgan fingerprint density at radius 1 is 1.37 bits per heavy atom. The van der Waals surface area contributed by atoms with Crippen LogP contribution in [-0.4, -0.2) is 38.5 Å². The number of nitrogens with zero attached hydrogens (tertiary/aromatic N) is 1. The second-order valence-corrected chi connectivity index (χ2v) is 8.99. The van der Waals surface area contributed by atoms with Gasteiger partial charge in [0.05, 0.1) is 10.4 Å². The fourth-order valence-electron chi connectivity index (χ4n) is 2.17. The highest BCUT2D eigenvalue weighted by Gasteiger charge is 2.34. The molecule has 3 rings (SSSR count). The van der Waals surface area contributed by atoms with Crippen molar-refractivity contribution in [3.63, 3.8) is 0 Å². The van der Waals surface area contributed by atoms with Crippen LogP contribution < -0.4 is 0 Å². The van der Waals surface area contributed by atoms with E-state index in [1.54, 1.807) is 12.1 Å². The molecule has 1 aromatic heterocycles. The van der Waals surface area contributed by atoms with Crippen molar-refractivity contribution in [3.8, 4) is 0 Å². The van der Waals surface area contributed by atoms with Crippen LogP contribution in [0.1, 0.15) is 19.3 Å². The van der Waals surface area contributed by atoms with E-state index in [2.05, 4.69) is 0 Å². The maximum absolute atomic E-state index is 12.4. The number of sulfonamides is 1. The predicted octanol–water partition coefficient (Wildman–Crippen LogP) is 2.59. The van der Waals surface area contributed by atoms with Gasteiger partial charge in [-0.2, -0.15) is 4.31 Å². The molecule has 0 radical (unpaired) electrons. The third kappa shape index (κ3) is 3.13. The lowest BCUT2D eigenvalue weighted by atomic mass is 10.3. The summed E-state index contributed by atoms with van der Waals surface area (Å²) in [6, 6.07) is 3.19. The highest BCUT2D eigenvalue weighted by atomic mass is 35.5. The first-order valence-electron chi connectivity index (χ1n) is 6.43. The minimum Gasteiger partial charge on any atom is -0.377 e. The molecule has 0 bridgehead atoms. The van der Waals surface area contributed by atoms with Gasteiger partial charge in [0.15, 0.2) is 0 Å². The van der Waals surface area contributed by atoms with Crippen LogP contribution in [-0.2, 0) is 14.8 Å². The summed E-state index contributed by atoms with van der Waals surface area (Å²) in [5.74, 6) is 0.710. The Morgan fingerprint density at radius 2 is 2.16 bits per heavy atom. The van der Waals surface area contributed by atoms with Gasteiger partial charge in [-0.3, -0.25) is 0 Å². The highest BCUT2D eigenvalue weighted by molar-refractivity contribution is 7.91. The number of hydrogen-bond donors (Lipinski definition) is 0. The van der Waals surface area contributed by atoms with E-state index < -0.39 is 10.0 Å². The molecule has 0 spiro atoms. The van der Waals surface area contributed by atoms with Gasteiger partial charge in [0.2, 0.25) is 0 Å². The molecule has 1 saturated heterocycles. The number of hydrogen-bond acceptors (Lipinski definition) is 4. The lowest BCUT2D eigenvalue weighted by Crippen LogP contribution is -2.30. The summed E-state index contributed by atoms with van der Waals surface area (Å²) in [7, 11) is -3.39. The van der Waals surface area contributed by atoms with E-state index >= 15 is 0 Å². The molecule has 106 valence electrons. The maximum atomic E-state index is 12.4. The number of halogens is 1. The molecule has 4 nitrogen and oxygen atoms in total. The van der Waals surface area contributed by atoms with Gasteiger partial charge >= 0.3 is 0 Å². The third-order valence-electron chi connectivity index (χ3n) is 3.52. The van der Waals surface area contributed by atoms with Crippen LogP contribution in [0, 0.1) is 5.92 Å². The van der Waals surface area contributed by atoms with Crippen LogP contribution in [0.4, 0.5) is 0 Å². The van der Waals surface area contributed by atoms with Crippen molar-refractivity contribution in [1.82, 2.24) is 4.31 Å². The fourth-order valence-corrected chi connectivity index (χ4v) is 5.30. The standard InChI is InChI=1S/C12H16ClNO3S2/c13-11-3-4-12(18-11)19(15,16)14-6-5-10(7-14)17-8-9-1-2-9/h3-4,9-10H,1-2,5-8H2. The number of thiophene rings is 1. The molecule has 1 aliphatic carbocycles. The molecule has 1 aliphatic heterocycles. The fraction of sp³-hybridized carbons (Fsp3) is 0.667. The van der Waals surface area contributed by atoms with Crippen molar-refractivity contribution in [3.05, 3.63) is 16.5 Å². The van der Waals surface area contributed by atoms with Gasteiger partial charge in [-0.05, 0) is 37.3 Å². The Hall–Kier alpha value is -0.140. The van der Waals surface area contributed by atoms with Gasteiger partial charge in [0.25, 0.3) is 10.0 Å². The summed E-state index contributed by atoms with van der Waals surface area (Å²) in [5, 5.41) is 0. The molecule has 19 heavy (non-hydrogen) atoms. The summed E-state index contributed by atoms with van der Waals surface area (Å²) in [6.45, 7) is 1.78. The second-order valence-electron chi connectivity index (χ2n) is 5.11. The second kappa shape index (κ2) is 5.33. The molecule has 2 aliphatic rings. The topological polar surface area (TPSA) is 46.6 Å². The first kappa shape index (κ1) is 13.8. The van der Waals surface area contributed by atoms with Crippen molar-refractivity contribution in [1.29, 1.82) is 0 Å². The summed E-state index contributed by atoms with van der Waals surface area (Å²) in [6.07, 6.45) is 3.33. The van der Waals surface area contributed by atoms with Crippen molar-refractivity contribution < 1.29 is 13.2 Å².